The van der Waals surface area contributed by atoms with Crippen LogP contribution in [0, 0.1) is 0 Å². The van der Waals surface area contributed by atoms with E-state index in [1.807, 2.05) is 0 Å². The first kappa shape index (κ1) is 67.3. The average molecular weight is 742 g/mol. The lowest BCUT2D eigenvalue weighted by Crippen LogP contribution is -2.60. The molecular weight excluding hydrogens is 645 g/mol. The SMILES string of the molecule is C.C.C.C.C.C.C.C.CCCCCCCCCCCC[Si](C)(O[Si](C)(C)O[Si](C)(C)C)O[Si](C)(C)O[Si](C)(C)O[Si](C)(C)C. The van der Waals surface area contributed by atoms with Gasteiger partial charge in [0.25, 0.3) is 0 Å². The summed E-state index contributed by atoms with van der Waals surface area (Å²) >= 11 is 0. The third-order valence-corrected chi connectivity index (χ3v) is 26.9. The van der Waals surface area contributed by atoms with Crippen LogP contribution >= 0.6 is 0 Å². The van der Waals surface area contributed by atoms with Gasteiger partial charge in [-0.2, -0.15) is 0 Å². The zero-order valence-corrected chi connectivity index (χ0v) is 32.8. The molecule has 0 aliphatic heterocycles. The van der Waals surface area contributed by atoms with E-state index in [9.17, 15) is 0 Å². The van der Waals surface area contributed by atoms with E-state index in [1.54, 1.807) is 0 Å². The van der Waals surface area contributed by atoms with Crippen molar-refractivity contribution in [1.82, 2.24) is 0 Å². The number of unbranched alkanes of at least 4 members (excludes halogenated alkanes) is 9. The highest BCUT2D eigenvalue weighted by molar-refractivity contribution is 6.91. The van der Waals surface area contributed by atoms with E-state index in [2.05, 4.69) is 92.0 Å². The zero-order valence-electron chi connectivity index (χ0n) is 26.8. The van der Waals surface area contributed by atoms with Crippen molar-refractivity contribution >= 4 is 50.9 Å². The molecule has 0 bridgehead atoms. The topological polar surface area (TPSA) is 46.2 Å². The summed E-state index contributed by atoms with van der Waals surface area (Å²) < 4.78 is 33.7. The van der Waals surface area contributed by atoms with E-state index in [0.717, 1.165) is 12.5 Å². The molecule has 0 N–H and O–H groups in total. The minimum absolute atomic E-state index is 0. The maximum Gasteiger partial charge on any atom is 0.317 e. The fourth-order valence-electron chi connectivity index (χ4n) is 5.23. The predicted molar refractivity (Wildman–Crippen MR) is 227 cm³/mol. The van der Waals surface area contributed by atoms with Crippen LogP contribution in [0.2, 0.25) is 91.2 Å². The van der Waals surface area contributed by atoms with E-state index in [1.165, 1.54) is 57.8 Å². The number of hydrogen-bond acceptors (Lipinski definition) is 5. The minimum atomic E-state index is -2.50. The zero-order chi connectivity index (χ0) is 28.3. The molecule has 5 nitrogen and oxygen atoms in total. The second kappa shape index (κ2) is 29.1. The van der Waals surface area contributed by atoms with Crippen LogP contribution in [-0.2, 0) is 20.6 Å². The lowest BCUT2D eigenvalue weighted by Gasteiger charge is -2.44. The molecular formula is C33H96O5Si6. The van der Waals surface area contributed by atoms with Gasteiger partial charge in [0.05, 0.1) is 0 Å². The highest BCUT2D eigenvalue weighted by Crippen LogP contribution is 2.31. The van der Waals surface area contributed by atoms with Gasteiger partial charge in [-0.1, -0.05) is 131 Å². The lowest BCUT2D eigenvalue weighted by atomic mass is 10.1. The van der Waals surface area contributed by atoms with Gasteiger partial charge in [0.15, 0.2) is 16.6 Å². The van der Waals surface area contributed by atoms with Crippen LogP contribution in [0.4, 0.5) is 0 Å². The summed E-state index contributed by atoms with van der Waals surface area (Å²) in [5.74, 6) is 0. The van der Waals surface area contributed by atoms with E-state index >= 15 is 0 Å². The van der Waals surface area contributed by atoms with Crippen LogP contribution < -0.4 is 0 Å². The highest BCUT2D eigenvalue weighted by atomic mass is 28.5. The van der Waals surface area contributed by atoms with Crippen LogP contribution in [0.3, 0.4) is 0 Å². The van der Waals surface area contributed by atoms with Gasteiger partial charge in [-0.25, -0.2) is 0 Å². The maximum absolute atomic E-state index is 6.98. The summed E-state index contributed by atoms with van der Waals surface area (Å²) in [5, 5.41) is 0. The summed E-state index contributed by atoms with van der Waals surface area (Å²) in [6.07, 6.45) is 13.4. The predicted octanol–water partition coefficient (Wildman–Crippen LogP) is 14.9. The molecule has 0 aliphatic carbocycles. The molecule has 0 aliphatic rings. The van der Waals surface area contributed by atoms with Crippen molar-refractivity contribution in [2.45, 2.75) is 222 Å². The molecule has 0 fully saturated rings. The van der Waals surface area contributed by atoms with Gasteiger partial charge >= 0.3 is 34.2 Å². The van der Waals surface area contributed by atoms with Crippen LogP contribution in [0.15, 0.2) is 0 Å². The molecule has 44 heavy (non-hydrogen) atoms. The quantitative estimate of drug-likeness (QED) is 0.0866. The van der Waals surface area contributed by atoms with E-state index in [0.29, 0.717) is 0 Å². The molecule has 282 valence electrons. The second-order valence-electron chi connectivity index (χ2n) is 14.0. The molecule has 1 unspecified atom stereocenters. The van der Waals surface area contributed by atoms with E-state index in [-0.39, 0.29) is 59.4 Å². The van der Waals surface area contributed by atoms with E-state index < -0.39 is 50.9 Å². The van der Waals surface area contributed by atoms with Gasteiger partial charge in [-0.05, 0) is 91.2 Å². The minimum Gasteiger partial charge on any atom is -0.437 e. The summed E-state index contributed by atoms with van der Waals surface area (Å²) in [7, 11) is -12.9. The van der Waals surface area contributed by atoms with Crippen molar-refractivity contribution < 1.29 is 20.6 Å². The Morgan fingerprint density at radius 3 is 0.864 bits per heavy atom. The van der Waals surface area contributed by atoms with Gasteiger partial charge in [0, 0.05) is 0 Å². The molecule has 0 saturated carbocycles. The third kappa shape index (κ3) is 39.3. The van der Waals surface area contributed by atoms with Crippen LogP contribution in [0.25, 0.3) is 0 Å². The van der Waals surface area contributed by atoms with Crippen LogP contribution in [0.5, 0.6) is 0 Å². The fourth-order valence-corrected chi connectivity index (χ4v) is 34.0. The molecule has 0 spiro atoms. The lowest BCUT2D eigenvalue weighted by molar-refractivity contribution is 0.276. The smallest absolute Gasteiger partial charge is 0.317 e. The summed E-state index contributed by atoms with van der Waals surface area (Å²) in [4.78, 5) is 0. The van der Waals surface area contributed by atoms with Gasteiger partial charge in [-0.15, -0.1) is 0 Å². The number of rotatable bonds is 21. The first-order valence-corrected chi connectivity index (χ1v) is 32.4. The Bertz CT molecular complexity index is 608. The summed E-state index contributed by atoms with van der Waals surface area (Å²) in [5.41, 5.74) is 0. The Kier molecular flexibility index (Phi) is 44.4. The average Bonchev–Trinajstić information content (AvgIpc) is 2.56. The standard InChI is InChI=1S/C25H64O5Si6.8CH4/c1-15-16-17-18-19-20-21-22-23-24-25-36(14,29-34(10,11)27-32(5,6)7)30-35(12,13)28-33(8,9)26-31(2,3)4;;;;;;;;/h15-25H2,1-14H3;8*1H4. The molecule has 0 amide bonds. The molecule has 0 aromatic carbocycles. The molecule has 0 aromatic heterocycles. The first-order chi connectivity index (χ1) is 16.1. The van der Waals surface area contributed by atoms with Crippen LogP contribution in [0.1, 0.15) is 131 Å². The largest absolute Gasteiger partial charge is 0.437 e. The fraction of sp³-hybridized carbons (Fsp3) is 1.00. The summed E-state index contributed by atoms with van der Waals surface area (Å²) in [6, 6.07) is 1.01. The maximum atomic E-state index is 6.98. The van der Waals surface area contributed by atoms with Gasteiger partial charge in [-0.3, -0.25) is 0 Å². The molecule has 0 heterocycles. The molecule has 11 heteroatoms. The normalized spacial score (nSPS) is 13.0. The van der Waals surface area contributed by atoms with Gasteiger partial charge in [0.1, 0.15) is 0 Å². The monoisotopic (exact) mass is 741 g/mol. The van der Waals surface area contributed by atoms with E-state index in [4.69, 9.17) is 20.6 Å². The van der Waals surface area contributed by atoms with Gasteiger partial charge < -0.3 is 20.6 Å². The highest BCUT2D eigenvalue weighted by Gasteiger charge is 2.48. The van der Waals surface area contributed by atoms with Crippen molar-refractivity contribution in [2.24, 2.45) is 0 Å². The van der Waals surface area contributed by atoms with Crippen molar-refractivity contribution in [1.29, 1.82) is 0 Å². The van der Waals surface area contributed by atoms with Crippen molar-refractivity contribution in [3.05, 3.63) is 0 Å². The Hall–Kier alpha value is 1.10. The Morgan fingerprint density at radius 2 is 0.568 bits per heavy atom. The Morgan fingerprint density at radius 1 is 0.318 bits per heavy atom. The number of hydrogen-bond donors (Lipinski definition) is 0. The van der Waals surface area contributed by atoms with Crippen molar-refractivity contribution in [3.63, 3.8) is 0 Å². The Balaban J connectivity index is -0.000000219. The van der Waals surface area contributed by atoms with Crippen molar-refractivity contribution in [2.75, 3.05) is 0 Å². The van der Waals surface area contributed by atoms with Crippen LogP contribution in [-0.4, -0.2) is 50.9 Å². The Labute approximate surface area is 292 Å². The summed E-state index contributed by atoms with van der Waals surface area (Å²) in [6.45, 7) is 31.1. The van der Waals surface area contributed by atoms with Crippen molar-refractivity contribution in [3.8, 4) is 0 Å². The first-order valence-electron chi connectivity index (χ1n) is 14.6. The third-order valence-electron chi connectivity index (χ3n) is 5.50. The van der Waals surface area contributed by atoms with Gasteiger partial charge in [0.2, 0.25) is 0 Å². The molecule has 1 atom stereocenters. The molecule has 0 rings (SSSR count). The molecule has 0 saturated heterocycles. The molecule has 0 aromatic rings. The second-order valence-corrected chi connectivity index (χ2v) is 37.7. The molecule has 0 radical (unpaired) electrons.